The molecule has 3 rings (SSSR count). The first kappa shape index (κ1) is 20.9. The average molecular weight is 428 g/mol. The van der Waals surface area contributed by atoms with Gasteiger partial charge >= 0.3 is 6.18 Å². The summed E-state index contributed by atoms with van der Waals surface area (Å²) in [5.74, 6) is -0.0697. The van der Waals surface area contributed by atoms with Gasteiger partial charge in [-0.1, -0.05) is 17.7 Å². The lowest BCUT2D eigenvalue weighted by molar-refractivity contribution is -0.174. The summed E-state index contributed by atoms with van der Waals surface area (Å²) in [6.45, 7) is -0.125. The Balaban J connectivity index is 1.79. The Morgan fingerprint density at radius 1 is 1.31 bits per heavy atom. The molecule has 0 saturated carbocycles. The van der Waals surface area contributed by atoms with Crippen molar-refractivity contribution >= 4 is 17.5 Å². The van der Waals surface area contributed by atoms with Crippen molar-refractivity contribution in [1.29, 1.82) is 0 Å². The standard InChI is InChI=1S/C19H17ClF3N3O3/c1-12(10-28-11-19(21,22)23)24-18(27)15-9-16(17-6-3-7-29-17)26(25-15)14-5-2-4-13(20)8-14/h2-9,12H,10-11H2,1H3,(H,24,27). The maximum Gasteiger partial charge on any atom is 0.411 e. The minimum absolute atomic E-state index is 0.0686. The first-order chi connectivity index (χ1) is 13.7. The normalized spacial score (nSPS) is 12.7. The van der Waals surface area contributed by atoms with E-state index in [1.807, 2.05) is 0 Å². The summed E-state index contributed by atoms with van der Waals surface area (Å²) >= 11 is 6.05. The lowest BCUT2D eigenvalue weighted by Crippen LogP contribution is -2.37. The topological polar surface area (TPSA) is 69.3 Å². The molecule has 154 valence electrons. The molecular formula is C19H17ClF3N3O3. The quantitative estimate of drug-likeness (QED) is 0.603. The molecule has 1 atom stereocenters. The molecule has 2 heterocycles. The highest BCUT2D eigenvalue weighted by atomic mass is 35.5. The monoisotopic (exact) mass is 427 g/mol. The summed E-state index contributed by atoms with van der Waals surface area (Å²) in [7, 11) is 0. The van der Waals surface area contributed by atoms with Gasteiger partial charge in [0.25, 0.3) is 5.91 Å². The van der Waals surface area contributed by atoms with E-state index in [0.717, 1.165) is 0 Å². The van der Waals surface area contributed by atoms with E-state index >= 15 is 0 Å². The van der Waals surface area contributed by atoms with Crippen LogP contribution in [0.4, 0.5) is 13.2 Å². The number of hydrogen-bond acceptors (Lipinski definition) is 4. The van der Waals surface area contributed by atoms with Crippen LogP contribution < -0.4 is 5.32 Å². The molecule has 1 unspecified atom stereocenters. The van der Waals surface area contributed by atoms with E-state index in [2.05, 4.69) is 15.2 Å². The van der Waals surface area contributed by atoms with Gasteiger partial charge in [-0.2, -0.15) is 18.3 Å². The highest BCUT2D eigenvalue weighted by molar-refractivity contribution is 6.30. The Morgan fingerprint density at radius 2 is 2.10 bits per heavy atom. The zero-order valence-corrected chi connectivity index (χ0v) is 16.0. The molecule has 0 saturated heterocycles. The van der Waals surface area contributed by atoms with Crippen LogP contribution in [0.25, 0.3) is 17.1 Å². The van der Waals surface area contributed by atoms with Crippen LogP contribution in [-0.4, -0.2) is 41.1 Å². The molecule has 3 aromatic rings. The number of nitrogens with zero attached hydrogens (tertiary/aromatic N) is 2. The predicted molar refractivity (Wildman–Crippen MR) is 100 cm³/mol. The second kappa shape index (κ2) is 8.71. The number of rotatable bonds is 7. The third-order valence-electron chi connectivity index (χ3n) is 3.78. The third kappa shape index (κ3) is 5.61. The van der Waals surface area contributed by atoms with Crippen molar-refractivity contribution < 1.29 is 27.1 Å². The Bertz CT molecular complexity index is 971. The van der Waals surface area contributed by atoms with Crippen LogP contribution >= 0.6 is 11.6 Å². The number of benzene rings is 1. The molecule has 0 spiro atoms. The van der Waals surface area contributed by atoms with Crippen molar-refractivity contribution in [2.45, 2.75) is 19.1 Å². The highest BCUT2D eigenvalue weighted by Gasteiger charge is 2.28. The highest BCUT2D eigenvalue weighted by Crippen LogP contribution is 2.26. The molecule has 0 aliphatic carbocycles. The van der Waals surface area contributed by atoms with Crippen LogP contribution in [-0.2, 0) is 4.74 Å². The minimum Gasteiger partial charge on any atom is -0.463 e. The zero-order chi connectivity index (χ0) is 21.0. The van der Waals surface area contributed by atoms with E-state index in [1.54, 1.807) is 36.4 Å². The molecule has 0 bridgehead atoms. The fourth-order valence-corrected chi connectivity index (χ4v) is 2.77. The number of nitrogens with one attached hydrogen (secondary N) is 1. The zero-order valence-electron chi connectivity index (χ0n) is 15.2. The van der Waals surface area contributed by atoms with E-state index in [4.69, 9.17) is 16.0 Å². The maximum absolute atomic E-state index is 12.5. The van der Waals surface area contributed by atoms with E-state index in [1.165, 1.54) is 23.9 Å². The van der Waals surface area contributed by atoms with Gasteiger partial charge in [-0.25, -0.2) is 4.68 Å². The SMILES string of the molecule is CC(COCC(F)(F)F)NC(=O)c1cc(-c2ccco2)n(-c2cccc(Cl)c2)n1. The molecular weight excluding hydrogens is 411 g/mol. The number of ether oxygens (including phenoxy) is 1. The smallest absolute Gasteiger partial charge is 0.411 e. The van der Waals surface area contributed by atoms with E-state index in [-0.39, 0.29) is 12.3 Å². The van der Waals surface area contributed by atoms with Crippen molar-refractivity contribution in [3.8, 4) is 17.1 Å². The average Bonchev–Trinajstić information content (AvgIpc) is 3.30. The van der Waals surface area contributed by atoms with Crippen LogP contribution in [0.5, 0.6) is 0 Å². The third-order valence-corrected chi connectivity index (χ3v) is 4.01. The summed E-state index contributed by atoms with van der Waals surface area (Å²) < 4.78 is 48.0. The molecule has 29 heavy (non-hydrogen) atoms. The number of alkyl halides is 3. The Morgan fingerprint density at radius 3 is 2.76 bits per heavy atom. The van der Waals surface area contributed by atoms with Gasteiger partial charge in [0.15, 0.2) is 11.5 Å². The summed E-state index contributed by atoms with van der Waals surface area (Å²) in [4.78, 5) is 12.5. The second-order valence-corrected chi connectivity index (χ2v) is 6.73. The second-order valence-electron chi connectivity index (χ2n) is 6.29. The number of hydrogen-bond donors (Lipinski definition) is 1. The first-order valence-electron chi connectivity index (χ1n) is 8.58. The van der Waals surface area contributed by atoms with Gasteiger partial charge < -0.3 is 14.5 Å². The fourth-order valence-electron chi connectivity index (χ4n) is 2.59. The molecule has 0 radical (unpaired) electrons. The fraction of sp³-hybridized carbons (Fsp3) is 0.263. The predicted octanol–water partition coefficient (Wildman–Crippen LogP) is 4.48. The van der Waals surface area contributed by atoms with Gasteiger partial charge in [-0.15, -0.1) is 0 Å². The lowest BCUT2D eigenvalue weighted by Gasteiger charge is -2.14. The molecule has 1 aromatic carbocycles. The van der Waals surface area contributed by atoms with Crippen molar-refractivity contribution in [3.63, 3.8) is 0 Å². The Hall–Kier alpha value is -2.78. The van der Waals surface area contributed by atoms with Crippen molar-refractivity contribution in [2.24, 2.45) is 0 Å². The Labute approximate surface area is 169 Å². The summed E-state index contributed by atoms with van der Waals surface area (Å²) in [5, 5.41) is 7.37. The van der Waals surface area contributed by atoms with Crippen molar-refractivity contribution in [1.82, 2.24) is 15.1 Å². The number of carbonyl (C=O) groups is 1. The first-order valence-corrected chi connectivity index (χ1v) is 8.96. The van der Waals surface area contributed by atoms with Gasteiger partial charge in [0.1, 0.15) is 12.3 Å². The molecule has 0 aliphatic heterocycles. The molecule has 0 aliphatic rings. The largest absolute Gasteiger partial charge is 0.463 e. The maximum atomic E-state index is 12.5. The summed E-state index contributed by atoms with van der Waals surface area (Å²) in [6.07, 6.45) is -2.93. The van der Waals surface area contributed by atoms with Gasteiger partial charge in [0, 0.05) is 17.1 Å². The Kier molecular flexibility index (Phi) is 6.29. The number of furan rings is 1. The lowest BCUT2D eigenvalue weighted by atomic mass is 10.2. The summed E-state index contributed by atoms with van der Waals surface area (Å²) in [6, 6.07) is 11.2. The molecule has 2 aromatic heterocycles. The molecule has 1 N–H and O–H groups in total. The van der Waals surface area contributed by atoms with Gasteiger partial charge in [-0.05, 0) is 37.3 Å². The van der Waals surface area contributed by atoms with E-state index in [9.17, 15) is 18.0 Å². The van der Waals surface area contributed by atoms with Crippen LogP contribution in [0.2, 0.25) is 5.02 Å². The van der Waals surface area contributed by atoms with Gasteiger partial charge in [-0.3, -0.25) is 4.79 Å². The molecule has 1 amide bonds. The van der Waals surface area contributed by atoms with Crippen molar-refractivity contribution in [3.05, 3.63) is 59.4 Å². The number of amides is 1. The van der Waals surface area contributed by atoms with E-state index < -0.39 is 24.7 Å². The molecule has 10 heteroatoms. The van der Waals surface area contributed by atoms with Gasteiger partial charge in [0.2, 0.25) is 0 Å². The minimum atomic E-state index is -4.42. The number of halogens is 4. The molecule has 0 fully saturated rings. The van der Waals surface area contributed by atoms with Gasteiger partial charge in [0.05, 0.1) is 18.6 Å². The van der Waals surface area contributed by atoms with Crippen LogP contribution in [0, 0.1) is 0 Å². The van der Waals surface area contributed by atoms with E-state index in [0.29, 0.717) is 22.2 Å². The number of carbonyl (C=O) groups excluding carboxylic acids is 1. The van der Waals surface area contributed by atoms with Crippen molar-refractivity contribution in [2.75, 3.05) is 13.2 Å². The van der Waals surface area contributed by atoms with Crippen LogP contribution in [0.3, 0.4) is 0 Å². The summed E-state index contributed by atoms with van der Waals surface area (Å²) in [5.41, 5.74) is 1.20. The number of aromatic nitrogens is 2. The van der Waals surface area contributed by atoms with Crippen LogP contribution in [0.1, 0.15) is 17.4 Å². The molecule has 6 nitrogen and oxygen atoms in total. The van der Waals surface area contributed by atoms with Crippen LogP contribution in [0.15, 0.2) is 53.1 Å².